The van der Waals surface area contributed by atoms with Crippen LogP contribution in [0.1, 0.15) is 66.5 Å². The number of carbonyl (C=O) groups excluding carboxylic acids is 1. The number of amides is 1. The third-order valence-electron chi connectivity index (χ3n) is 6.30. The first-order valence-electron chi connectivity index (χ1n) is 11.1. The molecule has 2 aromatic rings. The summed E-state index contributed by atoms with van der Waals surface area (Å²) in [5.41, 5.74) is 0.809. The Morgan fingerprint density at radius 2 is 2.10 bits per heavy atom. The zero-order chi connectivity index (χ0) is 20.4. The van der Waals surface area contributed by atoms with E-state index in [4.69, 9.17) is 4.98 Å². The smallest absolute Gasteiger partial charge is 0.262 e. The molecule has 158 valence electrons. The predicted octanol–water partition coefficient (Wildman–Crippen LogP) is 3.34. The van der Waals surface area contributed by atoms with Gasteiger partial charge in [0.1, 0.15) is 10.7 Å². The van der Waals surface area contributed by atoms with Gasteiger partial charge in [-0.25, -0.2) is 4.98 Å². The van der Waals surface area contributed by atoms with Crippen molar-refractivity contribution in [2.45, 2.75) is 65.3 Å². The molecule has 0 radical (unpaired) electrons. The predicted molar refractivity (Wildman–Crippen MR) is 118 cm³/mol. The van der Waals surface area contributed by atoms with E-state index in [0.717, 1.165) is 62.5 Å². The highest BCUT2D eigenvalue weighted by Crippen LogP contribution is 2.28. The average Bonchev–Trinajstić information content (AvgIpc) is 2.87. The number of aromatic nitrogens is 2. The Hall–Kier alpha value is -1.73. The number of aryl methyl sites for hydroxylation is 2. The van der Waals surface area contributed by atoms with Gasteiger partial charge in [-0.2, -0.15) is 0 Å². The van der Waals surface area contributed by atoms with Gasteiger partial charge in [-0.05, 0) is 63.6 Å². The van der Waals surface area contributed by atoms with Gasteiger partial charge in [0.15, 0.2) is 0 Å². The van der Waals surface area contributed by atoms with Crippen LogP contribution in [0.4, 0.5) is 0 Å². The lowest BCUT2D eigenvalue weighted by atomic mass is 10.0. The summed E-state index contributed by atoms with van der Waals surface area (Å²) in [5, 5.41) is 3.69. The Labute approximate surface area is 176 Å². The first-order chi connectivity index (χ1) is 14.0. The molecule has 2 aromatic heterocycles. The van der Waals surface area contributed by atoms with E-state index in [1.54, 1.807) is 0 Å². The summed E-state index contributed by atoms with van der Waals surface area (Å²) < 4.78 is 1.83. The number of piperidine rings is 1. The Morgan fingerprint density at radius 1 is 1.24 bits per heavy atom. The minimum Gasteiger partial charge on any atom is -0.351 e. The summed E-state index contributed by atoms with van der Waals surface area (Å²) >= 11 is 1.37. The maximum Gasteiger partial charge on any atom is 0.262 e. The van der Waals surface area contributed by atoms with Gasteiger partial charge in [-0.15, -0.1) is 11.3 Å². The molecule has 1 atom stereocenters. The molecular weight excluding hydrogens is 384 g/mol. The zero-order valence-corrected chi connectivity index (χ0v) is 18.4. The van der Waals surface area contributed by atoms with Crippen LogP contribution in [0.3, 0.4) is 0 Å². The minimum atomic E-state index is -0.0721. The molecule has 1 fully saturated rings. The van der Waals surface area contributed by atoms with Crippen molar-refractivity contribution in [3.63, 3.8) is 0 Å². The number of rotatable bonds is 5. The van der Waals surface area contributed by atoms with E-state index in [9.17, 15) is 9.59 Å². The fourth-order valence-corrected chi connectivity index (χ4v) is 5.81. The molecule has 29 heavy (non-hydrogen) atoms. The van der Waals surface area contributed by atoms with E-state index in [2.05, 4.69) is 17.1 Å². The normalized spacial score (nSPS) is 20.4. The molecule has 6 nitrogen and oxygen atoms in total. The topological polar surface area (TPSA) is 67.2 Å². The quantitative estimate of drug-likeness (QED) is 0.759. The summed E-state index contributed by atoms with van der Waals surface area (Å²) in [4.78, 5) is 34.4. The van der Waals surface area contributed by atoms with Crippen molar-refractivity contribution in [1.82, 2.24) is 19.8 Å². The van der Waals surface area contributed by atoms with Crippen LogP contribution in [0, 0.1) is 12.8 Å². The Bertz CT molecular complexity index is 948. The molecule has 7 heteroatoms. The van der Waals surface area contributed by atoms with Crippen molar-refractivity contribution >= 4 is 27.5 Å². The average molecular weight is 417 g/mol. The van der Waals surface area contributed by atoms with Crippen LogP contribution in [0.2, 0.25) is 0 Å². The molecule has 4 heterocycles. The highest BCUT2D eigenvalue weighted by atomic mass is 32.1. The fourth-order valence-electron chi connectivity index (χ4n) is 4.70. The maximum atomic E-state index is 13.0. The second-order valence-electron chi connectivity index (χ2n) is 8.69. The van der Waals surface area contributed by atoms with Crippen molar-refractivity contribution in [3.05, 3.63) is 26.6 Å². The van der Waals surface area contributed by atoms with Crippen LogP contribution in [0.25, 0.3) is 10.2 Å². The van der Waals surface area contributed by atoms with Crippen molar-refractivity contribution in [2.75, 3.05) is 26.2 Å². The van der Waals surface area contributed by atoms with Crippen molar-refractivity contribution in [1.29, 1.82) is 0 Å². The van der Waals surface area contributed by atoms with Crippen molar-refractivity contribution in [3.8, 4) is 0 Å². The monoisotopic (exact) mass is 416 g/mol. The minimum absolute atomic E-state index is 0.0268. The molecule has 0 spiro atoms. The number of carbonyl (C=O) groups is 1. The molecule has 0 aromatic carbocycles. The summed E-state index contributed by atoms with van der Waals surface area (Å²) in [6.45, 7) is 8.98. The lowest BCUT2D eigenvalue weighted by molar-refractivity contribution is 0.0953. The second-order valence-corrected chi connectivity index (χ2v) is 9.69. The van der Waals surface area contributed by atoms with Crippen LogP contribution in [0.15, 0.2) is 4.79 Å². The Balaban J connectivity index is 1.43. The Kier molecular flexibility index (Phi) is 6.35. The van der Waals surface area contributed by atoms with E-state index in [0.29, 0.717) is 21.6 Å². The SMILES string of the molecule is Cc1c(C(=O)NCCCN2CCC[C@H](C)C2)sc2nc3n(c(=O)c12)CCCCC3. The van der Waals surface area contributed by atoms with Gasteiger partial charge in [0, 0.05) is 26.1 Å². The van der Waals surface area contributed by atoms with E-state index in [1.807, 2.05) is 11.5 Å². The van der Waals surface area contributed by atoms with Gasteiger partial charge in [0.05, 0.1) is 10.3 Å². The zero-order valence-electron chi connectivity index (χ0n) is 17.6. The second kappa shape index (κ2) is 8.96. The summed E-state index contributed by atoms with van der Waals surface area (Å²) in [7, 11) is 0. The third kappa shape index (κ3) is 4.40. The number of thiophene rings is 1. The maximum absolute atomic E-state index is 13.0. The standard InChI is InChI=1S/C22H32N4O2S/c1-15-8-6-11-25(14-15)12-7-10-23-20(27)19-16(2)18-21(29-19)24-17-9-4-3-5-13-26(17)22(18)28/h15H,3-14H2,1-2H3,(H,23,27)/t15-/m0/s1. The van der Waals surface area contributed by atoms with Gasteiger partial charge in [0.2, 0.25) is 0 Å². The molecular formula is C22H32N4O2S. The number of nitrogens with one attached hydrogen (secondary N) is 1. The highest BCUT2D eigenvalue weighted by Gasteiger charge is 2.22. The number of hydrogen-bond donors (Lipinski definition) is 1. The van der Waals surface area contributed by atoms with Crippen molar-refractivity contribution in [2.24, 2.45) is 5.92 Å². The molecule has 0 aliphatic carbocycles. The largest absolute Gasteiger partial charge is 0.351 e. The van der Waals surface area contributed by atoms with Crippen LogP contribution in [-0.4, -0.2) is 46.5 Å². The number of nitrogens with zero attached hydrogens (tertiary/aromatic N) is 3. The first kappa shape index (κ1) is 20.5. The van der Waals surface area contributed by atoms with E-state index >= 15 is 0 Å². The van der Waals surface area contributed by atoms with Crippen LogP contribution in [-0.2, 0) is 13.0 Å². The van der Waals surface area contributed by atoms with E-state index in [1.165, 1.54) is 37.3 Å². The van der Waals surface area contributed by atoms with E-state index in [-0.39, 0.29) is 11.5 Å². The van der Waals surface area contributed by atoms with Crippen LogP contribution >= 0.6 is 11.3 Å². The van der Waals surface area contributed by atoms with Gasteiger partial charge in [0.25, 0.3) is 11.5 Å². The highest BCUT2D eigenvalue weighted by molar-refractivity contribution is 7.20. The number of fused-ring (bicyclic) bond motifs is 2. The fraction of sp³-hybridized carbons (Fsp3) is 0.682. The molecule has 1 N–H and O–H groups in total. The Morgan fingerprint density at radius 3 is 2.93 bits per heavy atom. The molecule has 0 saturated carbocycles. The van der Waals surface area contributed by atoms with Gasteiger partial charge in [-0.3, -0.25) is 14.2 Å². The number of likely N-dealkylation sites (tertiary alicyclic amines) is 1. The van der Waals surface area contributed by atoms with E-state index < -0.39 is 0 Å². The van der Waals surface area contributed by atoms with Crippen molar-refractivity contribution < 1.29 is 4.79 Å². The first-order valence-corrected chi connectivity index (χ1v) is 11.9. The molecule has 0 unspecified atom stereocenters. The van der Waals surface area contributed by atoms with Gasteiger partial charge >= 0.3 is 0 Å². The summed E-state index contributed by atoms with van der Waals surface area (Å²) in [5.74, 6) is 1.59. The molecule has 2 aliphatic rings. The molecule has 4 rings (SSSR count). The molecule has 1 amide bonds. The van der Waals surface area contributed by atoms with Crippen LogP contribution in [0.5, 0.6) is 0 Å². The summed E-state index contributed by atoms with van der Waals surface area (Å²) in [6, 6.07) is 0. The van der Waals surface area contributed by atoms with Gasteiger partial charge in [-0.1, -0.05) is 13.3 Å². The molecule has 1 saturated heterocycles. The van der Waals surface area contributed by atoms with Crippen LogP contribution < -0.4 is 10.9 Å². The molecule has 2 aliphatic heterocycles. The number of hydrogen-bond acceptors (Lipinski definition) is 5. The third-order valence-corrected chi connectivity index (χ3v) is 7.48. The lowest BCUT2D eigenvalue weighted by Crippen LogP contribution is -2.36. The molecule has 0 bridgehead atoms. The lowest BCUT2D eigenvalue weighted by Gasteiger charge is -2.30. The van der Waals surface area contributed by atoms with Gasteiger partial charge < -0.3 is 10.2 Å². The summed E-state index contributed by atoms with van der Waals surface area (Å²) in [6.07, 6.45) is 7.64.